The molecule has 2 atom stereocenters. The monoisotopic (exact) mass is 233 g/mol. The number of nitrogens with zero attached hydrogens (tertiary/aromatic N) is 1. The fraction of sp³-hybridized carbons (Fsp3) is 0.778. The van der Waals surface area contributed by atoms with Crippen LogP contribution in [0.5, 0.6) is 0 Å². The van der Waals surface area contributed by atoms with Gasteiger partial charge in [-0.15, -0.1) is 6.58 Å². The van der Waals surface area contributed by atoms with Crippen LogP contribution in [0.1, 0.15) is 6.92 Å². The summed E-state index contributed by atoms with van der Waals surface area (Å²) >= 11 is 3.44. The van der Waals surface area contributed by atoms with E-state index in [1.165, 1.54) is 0 Å². The van der Waals surface area contributed by atoms with Gasteiger partial charge in [-0.3, -0.25) is 4.90 Å². The Labute approximate surface area is 82.7 Å². The maximum absolute atomic E-state index is 5.69. The third kappa shape index (κ3) is 2.88. The van der Waals surface area contributed by atoms with Gasteiger partial charge in [-0.05, 0) is 6.92 Å². The molecule has 0 aromatic heterocycles. The predicted octanol–water partition coefficient (Wildman–Crippen LogP) is 1.66. The molecule has 0 aliphatic carbocycles. The van der Waals surface area contributed by atoms with Crippen LogP contribution in [0.25, 0.3) is 0 Å². The summed E-state index contributed by atoms with van der Waals surface area (Å²) < 4.78 is 5.69. The lowest BCUT2D eigenvalue weighted by Gasteiger charge is -2.35. The molecule has 1 fully saturated rings. The van der Waals surface area contributed by atoms with Gasteiger partial charge in [0.05, 0.1) is 12.2 Å². The van der Waals surface area contributed by atoms with Crippen LogP contribution in [0.2, 0.25) is 0 Å². The first-order valence-corrected chi connectivity index (χ1v) is 5.43. The minimum atomic E-state index is 0.341. The molecule has 12 heavy (non-hydrogen) atoms. The van der Waals surface area contributed by atoms with Gasteiger partial charge in [0, 0.05) is 25.0 Å². The van der Waals surface area contributed by atoms with E-state index in [-0.39, 0.29) is 0 Å². The van der Waals surface area contributed by atoms with Crippen LogP contribution < -0.4 is 0 Å². The van der Waals surface area contributed by atoms with E-state index in [0.717, 1.165) is 25.0 Å². The molecule has 0 spiro atoms. The fourth-order valence-electron chi connectivity index (χ4n) is 1.56. The topological polar surface area (TPSA) is 12.5 Å². The molecule has 0 aromatic rings. The van der Waals surface area contributed by atoms with E-state index in [2.05, 4.69) is 34.3 Å². The molecule has 1 rings (SSSR count). The molecule has 3 heteroatoms. The molecule has 0 saturated carbocycles. The first kappa shape index (κ1) is 10.2. The summed E-state index contributed by atoms with van der Waals surface area (Å²) in [6.07, 6.45) is 2.64. The van der Waals surface area contributed by atoms with Crippen LogP contribution in [0.3, 0.4) is 0 Å². The number of rotatable bonds is 3. The second-order valence-electron chi connectivity index (χ2n) is 3.23. The highest BCUT2D eigenvalue weighted by molar-refractivity contribution is 9.09. The highest BCUT2D eigenvalue weighted by Crippen LogP contribution is 2.12. The van der Waals surface area contributed by atoms with Gasteiger partial charge in [0.1, 0.15) is 0 Å². The van der Waals surface area contributed by atoms with E-state index in [9.17, 15) is 0 Å². The van der Waals surface area contributed by atoms with Gasteiger partial charge in [-0.1, -0.05) is 22.0 Å². The molecule has 1 saturated heterocycles. The quantitative estimate of drug-likeness (QED) is 0.544. The zero-order chi connectivity index (χ0) is 8.97. The number of alkyl halides is 1. The lowest BCUT2D eigenvalue weighted by atomic mass is 10.2. The Kier molecular flexibility index (Phi) is 4.26. The highest BCUT2D eigenvalue weighted by Gasteiger charge is 2.23. The first-order chi connectivity index (χ1) is 5.76. The smallest absolute Gasteiger partial charge is 0.0802 e. The molecule has 1 aliphatic heterocycles. The summed E-state index contributed by atoms with van der Waals surface area (Å²) in [7, 11) is 0. The van der Waals surface area contributed by atoms with Crippen molar-refractivity contribution in [3.63, 3.8) is 0 Å². The van der Waals surface area contributed by atoms with E-state index >= 15 is 0 Å². The van der Waals surface area contributed by atoms with Gasteiger partial charge in [0.15, 0.2) is 0 Å². The minimum Gasteiger partial charge on any atom is -0.372 e. The first-order valence-electron chi connectivity index (χ1n) is 4.31. The van der Waals surface area contributed by atoms with Crippen LogP contribution in [0.4, 0.5) is 0 Å². The molecule has 1 heterocycles. The number of hydrogen-bond donors (Lipinski definition) is 0. The SMILES string of the molecule is C=CCN1CC(C)OC(CBr)C1. The van der Waals surface area contributed by atoms with E-state index in [0.29, 0.717) is 12.2 Å². The van der Waals surface area contributed by atoms with E-state index in [1.54, 1.807) is 0 Å². The van der Waals surface area contributed by atoms with Crippen molar-refractivity contribution in [3.8, 4) is 0 Å². The largest absolute Gasteiger partial charge is 0.372 e. The van der Waals surface area contributed by atoms with Crippen molar-refractivity contribution in [2.75, 3.05) is 25.0 Å². The van der Waals surface area contributed by atoms with Crippen molar-refractivity contribution in [1.82, 2.24) is 4.90 Å². The molecule has 2 unspecified atom stereocenters. The average molecular weight is 234 g/mol. The third-order valence-electron chi connectivity index (χ3n) is 1.96. The Morgan fingerprint density at radius 3 is 3.00 bits per heavy atom. The second kappa shape index (κ2) is 5.00. The summed E-state index contributed by atoms with van der Waals surface area (Å²) in [5.74, 6) is 0. The van der Waals surface area contributed by atoms with Crippen LogP contribution in [-0.4, -0.2) is 42.1 Å². The molecule has 0 N–H and O–H groups in total. The Morgan fingerprint density at radius 2 is 2.42 bits per heavy atom. The Bertz CT molecular complexity index is 151. The number of ether oxygens (including phenoxy) is 1. The van der Waals surface area contributed by atoms with Gasteiger partial charge in [0.25, 0.3) is 0 Å². The van der Waals surface area contributed by atoms with Crippen molar-refractivity contribution in [1.29, 1.82) is 0 Å². The Balaban J connectivity index is 2.39. The summed E-state index contributed by atoms with van der Waals surface area (Å²) in [5, 5.41) is 0.922. The molecule has 2 nitrogen and oxygen atoms in total. The predicted molar refractivity (Wildman–Crippen MR) is 54.8 cm³/mol. The van der Waals surface area contributed by atoms with Crippen LogP contribution in [-0.2, 0) is 4.74 Å². The second-order valence-corrected chi connectivity index (χ2v) is 3.88. The van der Waals surface area contributed by atoms with Gasteiger partial charge in [-0.2, -0.15) is 0 Å². The van der Waals surface area contributed by atoms with Crippen molar-refractivity contribution in [2.24, 2.45) is 0 Å². The van der Waals surface area contributed by atoms with Gasteiger partial charge >= 0.3 is 0 Å². The number of halogens is 1. The van der Waals surface area contributed by atoms with E-state index in [1.807, 2.05) is 6.08 Å². The summed E-state index contributed by atoms with van der Waals surface area (Å²) in [4.78, 5) is 2.37. The lowest BCUT2D eigenvalue weighted by molar-refractivity contribution is -0.0618. The molecular formula is C9H16BrNO. The highest BCUT2D eigenvalue weighted by atomic mass is 79.9. The molecule has 0 bridgehead atoms. The minimum absolute atomic E-state index is 0.341. The summed E-state index contributed by atoms with van der Waals surface area (Å²) in [6, 6.07) is 0. The molecule has 0 aromatic carbocycles. The van der Waals surface area contributed by atoms with Crippen molar-refractivity contribution >= 4 is 15.9 Å². The molecule has 0 amide bonds. The fourth-order valence-corrected chi connectivity index (χ4v) is 1.91. The van der Waals surface area contributed by atoms with E-state index in [4.69, 9.17) is 4.74 Å². The molecule has 1 aliphatic rings. The Morgan fingerprint density at radius 1 is 1.67 bits per heavy atom. The van der Waals surface area contributed by atoms with Crippen LogP contribution in [0.15, 0.2) is 12.7 Å². The standard InChI is InChI=1S/C9H16BrNO/c1-3-4-11-6-8(2)12-9(5-10)7-11/h3,8-9H,1,4-7H2,2H3. The summed E-state index contributed by atoms with van der Waals surface area (Å²) in [5.41, 5.74) is 0. The normalized spacial score (nSPS) is 31.8. The lowest BCUT2D eigenvalue weighted by Crippen LogP contribution is -2.47. The number of morpholine rings is 1. The number of hydrogen-bond acceptors (Lipinski definition) is 2. The maximum atomic E-state index is 5.69. The molecule has 0 radical (unpaired) electrons. The van der Waals surface area contributed by atoms with Crippen LogP contribution >= 0.6 is 15.9 Å². The van der Waals surface area contributed by atoms with Crippen molar-refractivity contribution in [2.45, 2.75) is 19.1 Å². The zero-order valence-electron chi connectivity index (χ0n) is 7.50. The zero-order valence-corrected chi connectivity index (χ0v) is 9.09. The summed E-state index contributed by atoms with van der Waals surface area (Å²) in [6.45, 7) is 8.86. The van der Waals surface area contributed by atoms with Gasteiger partial charge < -0.3 is 4.74 Å². The van der Waals surface area contributed by atoms with Crippen LogP contribution in [0, 0.1) is 0 Å². The molecular weight excluding hydrogens is 218 g/mol. The van der Waals surface area contributed by atoms with Gasteiger partial charge in [0.2, 0.25) is 0 Å². The third-order valence-corrected chi connectivity index (χ3v) is 2.68. The maximum Gasteiger partial charge on any atom is 0.0802 e. The average Bonchev–Trinajstić information content (AvgIpc) is 2.04. The Hall–Kier alpha value is 0.140. The van der Waals surface area contributed by atoms with Crippen molar-refractivity contribution < 1.29 is 4.74 Å². The van der Waals surface area contributed by atoms with Gasteiger partial charge in [-0.25, -0.2) is 0 Å². The van der Waals surface area contributed by atoms with Crippen molar-refractivity contribution in [3.05, 3.63) is 12.7 Å². The molecule has 70 valence electrons. The van der Waals surface area contributed by atoms with E-state index < -0.39 is 0 Å².